The van der Waals surface area contributed by atoms with Crippen LogP contribution in [0.1, 0.15) is 20.8 Å². The van der Waals surface area contributed by atoms with Crippen molar-refractivity contribution in [2.75, 3.05) is 12.4 Å². The first-order chi connectivity index (χ1) is 4.45. The summed E-state index contributed by atoms with van der Waals surface area (Å²) in [4.78, 5) is 0. The van der Waals surface area contributed by atoms with Crippen molar-refractivity contribution >= 4 is 11.6 Å². The normalized spacial score (nSPS) is 15.3. The predicted octanol–water partition coefficient (Wildman–Crippen LogP) is 0.974. The van der Waals surface area contributed by atoms with E-state index in [1.54, 1.807) is 0 Å². The number of hydrogen-bond donors (Lipinski definition) is 2. The second kappa shape index (κ2) is 4.16. The van der Waals surface area contributed by atoms with Gasteiger partial charge in [-0.25, -0.2) is 0 Å². The summed E-state index contributed by atoms with van der Waals surface area (Å²) in [5.74, 6) is 0.295. The Bertz CT molecular complexity index is 90.1. The number of aliphatic hydroxyl groups excluding tert-OH is 1. The van der Waals surface area contributed by atoms with Crippen molar-refractivity contribution in [2.24, 2.45) is 0 Å². The zero-order valence-corrected chi connectivity index (χ0v) is 7.57. The number of β-amino-alcohol motifs (C(OH)–C–C–N with tert-alkyl or cyclic N) is 1. The standard InChI is InChI=1S/C7H16ClNO/c1-7(2,3)9-5-6(10)4-8/h6,9-10H,4-5H2,1-3H3/t6-/m1/s1. The highest BCUT2D eigenvalue weighted by molar-refractivity contribution is 6.18. The smallest absolute Gasteiger partial charge is 0.0799 e. The molecule has 2 nitrogen and oxygen atoms in total. The van der Waals surface area contributed by atoms with Crippen LogP contribution in [0.5, 0.6) is 0 Å². The van der Waals surface area contributed by atoms with Gasteiger partial charge in [0.1, 0.15) is 0 Å². The van der Waals surface area contributed by atoms with Gasteiger partial charge in [0.25, 0.3) is 0 Å². The lowest BCUT2D eigenvalue weighted by atomic mass is 10.1. The van der Waals surface area contributed by atoms with E-state index in [2.05, 4.69) is 5.32 Å². The van der Waals surface area contributed by atoms with E-state index in [9.17, 15) is 0 Å². The van der Waals surface area contributed by atoms with Gasteiger partial charge in [0.2, 0.25) is 0 Å². The van der Waals surface area contributed by atoms with Crippen LogP contribution in [0.4, 0.5) is 0 Å². The molecule has 0 bridgehead atoms. The average Bonchev–Trinajstić information content (AvgIpc) is 1.81. The molecular formula is C7H16ClNO. The van der Waals surface area contributed by atoms with Crippen molar-refractivity contribution in [3.8, 4) is 0 Å². The highest BCUT2D eigenvalue weighted by atomic mass is 35.5. The molecule has 0 saturated heterocycles. The van der Waals surface area contributed by atoms with E-state index in [-0.39, 0.29) is 5.54 Å². The van der Waals surface area contributed by atoms with Crippen LogP contribution in [0.15, 0.2) is 0 Å². The molecule has 0 fully saturated rings. The van der Waals surface area contributed by atoms with Crippen LogP contribution in [0.2, 0.25) is 0 Å². The second-order valence-electron chi connectivity index (χ2n) is 3.44. The van der Waals surface area contributed by atoms with Crippen molar-refractivity contribution in [3.05, 3.63) is 0 Å². The van der Waals surface area contributed by atoms with Gasteiger partial charge < -0.3 is 10.4 Å². The molecule has 0 spiro atoms. The maximum Gasteiger partial charge on any atom is 0.0799 e. The van der Waals surface area contributed by atoms with E-state index in [0.717, 1.165) is 0 Å². The number of aliphatic hydroxyl groups is 1. The third-order valence-corrected chi connectivity index (χ3v) is 1.40. The van der Waals surface area contributed by atoms with Crippen LogP contribution in [-0.4, -0.2) is 29.2 Å². The average molecular weight is 166 g/mol. The fraction of sp³-hybridized carbons (Fsp3) is 1.00. The Labute approximate surface area is 67.6 Å². The molecular weight excluding hydrogens is 150 g/mol. The Kier molecular flexibility index (Phi) is 4.25. The minimum absolute atomic E-state index is 0.0625. The lowest BCUT2D eigenvalue weighted by molar-refractivity contribution is 0.182. The molecule has 0 radical (unpaired) electrons. The minimum Gasteiger partial charge on any atom is -0.391 e. The van der Waals surface area contributed by atoms with Crippen molar-refractivity contribution in [3.63, 3.8) is 0 Å². The molecule has 2 N–H and O–H groups in total. The Morgan fingerprint density at radius 2 is 2.00 bits per heavy atom. The quantitative estimate of drug-likeness (QED) is 0.611. The molecule has 0 aliphatic heterocycles. The Balaban J connectivity index is 3.36. The summed E-state index contributed by atoms with van der Waals surface area (Å²) in [5.41, 5.74) is 0.0625. The Morgan fingerprint density at radius 3 is 2.30 bits per heavy atom. The third kappa shape index (κ3) is 6.33. The summed E-state index contributed by atoms with van der Waals surface area (Å²) < 4.78 is 0. The maximum absolute atomic E-state index is 9.03. The van der Waals surface area contributed by atoms with E-state index in [1.807, 2.05) is 20.8 Å². The van der Waals surface area contributed by atoms with Gasteiger partial charge in [0.05, 0.1) is 6.10 Å². The largest absolute Gasteiger partial charge is 0.391 e. The molecule has 0 rings (SSSR count). The molecule has 0 aromatic heterocycles. The summed E-state index contributed by atoms with van der Waals surface area (Å²) >= 11 is 5.39. The fourth-order valence-corrected chi connectivity index (χ4v) is 0.588. The summed E-state index contributed by atoms with van der Waals surface area (Å²) in [7, 11) is 0. The van der Waals surface area contributed by atoms with Crippen molar-refractivity contribution in [1.82, 2.24) is 5.32 Å². The van der Waals surface area contributed by atoms with Crippen molar-refractivity contribution in [2.45, 2.75) is 32.4 Å². The SMILES string of the molecule is CC(C)(C)NC[C@H](O)CCl. The van der Waals surface area contributed by atoms with Gasteiger partial charge in [-0.05, 0) is 20.8 Å². The maximum atomic E-state index is 9.03. The van der Waals surface area contributed by atoms with Gasteiger partial charge in [-0.1, -0.05) is 0 Å². The van der Waals surface area contributed by atoms with E-state index < -0.39 is 6.10 Å². The molecule has 62 valence electrons. The highest BCUT2D eigenvalue weighted by Gasteiger charge is 2.10. The van der Waals surface area contributed by atoms with Gasteiger partial charge in [-0.3, -0.25) is 0 Å². The highest BCUT2D eigenvalue weighted by Crippen LogP contribution is 1.98. The lowest BCUT2D eigenvalue weighted by Gasteiger charge is -2.21. The Morgan fingerprint density at radius 1 is 1.50 bits per heavy atom. The summed E-state index contributed by atoms with van der Waals surface area (Å²) in [5, 5.41) is 12.2. The van der Waals surface area contributed by atoms with Crippen LogP contribution in [0, 0.1) is 0 Å². The van der Waals surface area contributed by atoms with Crippen LogP contribution in [-0.2, 0) is 0 Å². The first-order valence-electron chi connectivity index (χ1n) is 3.45. The zero-order valence-electron chi connectivity index (χ0n) is 6.82. The summed E-state index contributed by atoms with van der Waals surface area (Å²) in [6, 6.07) is 0. The molecule has 10 heavy (non-hydrogen) atoms. The molecule has 1 atom stereocenters. The minimum atomic E-state index is -0.430. The molecule has 0 aromatic rings. The number of halogens is 1. The number of alkyl halides is 1. The number of nitrogens with one attached hydrogen (secondary N) is 1. The van der Waals surface area contributed by atoms with Crippen molar-refractivity contribution in [1.29, 1.82) is 0 Å². The summed E-state index contributed by atoms with van der Waals surface area (Å²) in [6.45, 7) is 6.71. The molecule has 0 heterocycles. The van der Waals surface area contributed by atoms with Crippen LogP contribution >= 0.6 is 11.6 Å². The van der Waals surface area contributed by atoms with Gasteiger partial charge in [0.15, 0.2) is 0 Å². The lowest BCUT2D eigenvalue weighted by Crippen LogP contribution is -2.41. The topological polar surface area (TPSA) is 32.3 Å². The van der Waals surface area contributed by atoms with Gasteiger partial charge in [-0.15, -0.1) is 11.6 Å². The Hall–Kier alpha value is 0.210. The first-order valence-corrected chi connectivity index (χ1v) is 3.98. The van der Waals surface area contributed by atoms with Crippen LogP contribution in [0.25, 0.3) is 0 Å². The number of hydrogen-bond acceptors (Lipinski definition) is 2. The molecule has 0 aromatic carbocycles. The molecule has 0 aliphatic rings. The van der Waals surface area contributed by atoms with Gasteiger partial charge >= 0.3 is 0 Å². The second-order valence-corrected chi connectivity index (χ2v) is 3.75. The van der Waals surface area contributed by atoms with E-state index in [0.29, 0.717) is 12.4 Å². The molecule has 0 aliphatic carbocycles. The first kappa shape index (κ1) is 10.2. The van der Waals surface area contributed by atoms with Gasteiger partial charge in [-0.2, -0.15) is 0 Å². The fourth-order valence-electron chi connectivity index (χ4n) is 0.479. The van der Waals surface area contributed by atoms with Crippen molar-refractivity contribution < 1.29 is 5.11 Å². The van der Waals surface area contributed by atoms with Crippen LogP contribution in [0.3, 0.4) is 0 Å². The third-order valence-electron chi connectivity index (χ3n) is 1.05. The zero-order chi connectivity index (χ0) is 8.20. The predicted molar refractivity (Wildman–Crippen MR) is 44.5 cm³/mol. The van der Waals surface area contributed by atoms with E-state index in [4.69, 9.17) is 16.7 Å². The molecule has 0 amide bonds. The molecule has 0 saturated carbocycles. The molecule has 3 heteroatoms. The number of rotatable bonds is 3. The van der Waals surface area contributed by atoms with E-state index in [1.165, 1.54) is 0 Å². The monoisotopic (exact) mass is 165 g/mol. The van der Waals surface area contributed by atoms with Gasteiger partial charge in [0, 0.05) is 18.0 Å². The summed E-state index contributed by atoms with van der Waals surface area (Å²) in [6.07, 6.45) is -0.430. The molecule has 0 unspecified atom stereocenters. The van der Waals surface area contributed by atoms with Crippen LogP contribution < -0.4 is 5.32 Å². The van der Waals surface area contributed by atoms with E-state index >= 15 is 0 Å².